The van der Waals surface area contributed by atoms with Crippen molar-refractivity contribution in [3.8, 4) is 0 Å². The van der Waals surface area contributed by atoms with Crippen LogP contribution in [0.3, 0.4) is 0 Å². The van der Waals surface area contributed by atoms with E-state index in [-0.39, 0.29) is 12.0 Å². The molecule has 0 aromatic heterocycles. The lowest BCUT2D eigenvalue weighted by Crippen LogP contribution is -2.50. The van der Waals surface area contributed by atoms with Gasteiger partial charge in [0.1, 0.15) is 0 Å². The van der Waals surface area contributed by atoms with Crippen molar-refractivity contribution < 1.29 is 10.2 Å². The predicted octanol–water partition coefficient (Wildman–Crippen LogP) is 6.53. The fourth-order valence-electron chi connectivity index (χ4n) is 8.26. The fraction of sp³-hybridized carbons (Fsp3) is 0.857. The van der Waals surface area contributed by atoms with E-state index in [2.05, 4.69) is 45.9 Å². The summed E-state index contributed by atoms with van der Waals surface area (Å²) in [5.74, 6) is 4.04. The highest BCUT2D eigenvalue weighted by molar-refractivity contribution is 5.25. The normalized spacial score (nSPS) is 46.0. The third kappa shape index (κ3) is 3.64. The number of aliphatic hydroxyl groups is 2. The van der Waals surface area contributed by atoms with Crippen molar-refractivity contribution in [1.82, 2.24) is 0 Å². The molecule has 170 valence electrons. The summed E-state index contributed by atoms with van der Waals surface area (Å²) in [6.07, 6.45) is 16.9. The first-order valence-corrected chi connectivity index (χ1v) is 12.7. The minimum absolute atomic E-state index is 0.107. The van der Waals surface area contributed by atoms with E-state index in [0.717, 1.165) is 36.5 Å². The van der Waals surface area contributed by atoms with E-state index < -0.39 is 5.60 Å². The summed E-state index contributed by atoms with van der Waals surface area (Å²) in [6.45, 7) is 13.5. The van der Waals surface area contributed by atoms with Gasteiger partial charge in [0.25, 0.3) is 0 Å². The van der Waals surface area contributed by atoms with E-state index in [1.54, 1.807) is 5.57 Å². The van der Waals surface area contributed by atoms with Gasteiger partial charge in [-0.15, -0.1) is 0 Å². The summed E-state index contributed by atoms with van der Waals surface area (Å²) in [6, 6.07) is 0. The molecule has 9 atom stereocenters. The van der Waals surface area contributed by atoms with Gasteiger partial charge in [0.15, 0.2) is 0 Å². The smallest absolute Gasteiger partial charge is 0.0651 e. The van der Waals surface area contributed by atoms with Crippen molar-refractivity contribution in [3.05, 3.63) is 23.8 Å². The van der Waals surface area contributed by atoms with E-state index in [1.165, 1.54) is 38.5 Å². The van der Waals surface area contributed by atoms with Crippen LogP contribution in [0.25, 0.3) is 0 Å². The molecule has 0 aromatic rings. The van der Waals surface area contributed by atoms with Crippen LogP contribution in [-0.2, 0) is 0 Å². The highest BCUT2D eigenvalue weighted by Crippen LogP contribution is 2.67. The third-order valence-electron chi connectivity index (χ3n) is 10.6. The first-order valence-electron chi connectivity index (χ1n) is 12.7. The van der Waals surface area contributed by atoms with Gasteiger partial charge in [-0.3, -0.25) is 0 Å². The summed E-state index contributed by atoms with van der Waals surface area (Å²) in [7, 11) is 0. The molecule has 2 N–H and O–H groups in total. The van der Waals surface area contributed by atoms with Crippen LogP contribution in [0, 0.1) is 46.3 Å². The lowest BCUT2D eigenvalue weighted by molar-refractivity contribution is -0.0541. The molecule has 0 bridgehead atoms. The zero-order valence-corrected chi connectivity index (χ0v) is 20.3. The largest absolute Gasteiger partial charge is 0.393 e. The molecular weight excluding hydrogens is 368 g/mol. The molecule has 0 unspecified atom stereocenters. The summed E-state index contributed by atoms with van der Waals surface area (Å²) in [5.41, 5.74) is 1.73. The fourth-order valence-corrected chi connectivity index (χ4v) is 8.26. The minimum atomic E-state index is -0.647. The van der Waals surface area contributed by atoms with E-state index in [1.807, 2.05) is 13.8 Å². The number of fused-ring (bicyclic) bond motifs is 5. The maximum absolute atomic E-state index is 10.3. The number of allylic oxidation sites excluding steroid dienone is 2. The van der Waals surface area contributed by atoms with Crippen LogP contribution in [0.5, 0.6) is 0 Å². The van der Waals surface area contributed by atoms with Crippen molar-refractivity contribution in [2.24, 2.45) is 46.3 Å². The van der Waals surface area contributed by atoms with Crippen molar-refractivity contribution >= 4 is 0 Å². The van der Waals surface area contributed by atoms with Crippen molar-refractivity contribution in [3.63, 3.8) is 0 Å². The Kier molecular flexibility index (Phi) is 5.85. The number of rotatable bonds is 4. The molecule has 4 aliphatic carbocycles. The van der Waals surface area contributed by atoms with Gasteiger partial charge < -0.3 is 10.2 Å². The molecule has 0 aliphatic heterocycles. The predicted molar refractivity (Wildman–Crippen MR) is 125 cm³/mol. The number of hydrogen-bond acceptors (Lipinski definition) is 2. The van der Waals surface area contributed by atoms with Crippen LogP contribution in [-0.4, -0.2) is 21.9 Å². The maximum atomic E-state index is 10.3. The average molecular weight is 415 g/mol. The molecule has 0 aromatic carbocycles. The monoisotopic (exact) mass is 414 g/mol. The minimum Gasteiger partial charge on any atom is -0.393 e. The van der Waals surface area contributed by atoms with E-state index >= 15 is 0 Å². The molecule has 3 fully saturated rings. The number of aliphatic hydroxyl groups excluding tert-OH is 1. The quantitative estimate of drug-likeness (QED) is 0.514. The second-order valence-corrected chi connectivity index (χ2v) is 12.6. The Labute approximate surface area is 185 Å². The molecule has 2 heteroatoms. The second-order valence-electron chi connectivity index (χ2n) is 12.6. The molecule has 0 radical (unpaired) electrons. The molecule has 0 saturated heterocycles. The Bertz CT molecular complexity index is 700. The molecule has 3 saturated carbocycles. The zero-order chi connectivity index (χ0) is 21.9. The molecular formula is C28H46O2. The SMILES string of the molecule is C[C@H](/C=C/[C@H](C)C(C)(C)O)[C@H]1CC[C@H]2[C@@H]3CC=C4C[C@@H](O)CC[C@]4(C)[C@H]3CC[C@]12C. The molecule has 2 nitrogen and oxygen atoms in total. The first-order chi connectivity index (χ1) is 14.0. The van der Waals surface area contributed by atoms with Crippen molar-refractivity contribution in [2.75, 3.05) is 0 Å². The van der Waals surface area contributed by atoms with Gasteiger partial charge in [-0.2, -0.15) is 0 Å². The van der Waals surface area contributed by atoms with Crippen LogP contribution in [0.1, 0.15) is 92.9 Å². The highest BCUT2D eigenvalue weighted by atomic mass is 16.3. The summed E-state index contributed by atoms with van der Waals surface area (Å²) in [5, 5.41) is 20.5. The number of hydrogen-bond donors (Lipinski definition) is 2. The second kappa shape index (κ2) is 7.77. The van der Waals surface area contributed by atoms with E-state index in [4.69, 9.17) is 0 Å². The lowest BCUT2D eigenvalue weighted by Gasteiger charge is -2.58. The van der Waals surface area contributed by atoms with Gasteiger partial charge in [-0.05, 0) is 106 Å². The van der Waals surface area contributed by atoms with Crippen LogP contribution < -0.4 is 0 Å². The van der Waals surface area contributed by atoms with Crippen LogP contribution in [0.4, 0.5) is 0 Å². The van der Waals surface area contributed by atoms with Crippen LogP contribution in [0.2, 0.25) is 0 Å². The lowest BCUT2D eigenvalue weighted by atomic mass is 9.47. The summed E-state index contributed by atoms with van der Waals surface area (Å²) < 4.78 is 0. The first kappa shape index (κ1) is 22.6. The van der Waals surface area contributed by atoms with Gasteiger partial charge in [0.2, 0.25) is 0 Å². The third-order valence-corrected chi connectivity index (χ3v) is 10.6. The average Bonchev–Trinajstić information content (AvgIpc) is 3.03. The Morgan fingerprint density at radius 2 is 1.77 bits per heavy atom. The summed E-state index contributed by atoms with van der Waals surface area (Å²) >= 11 is 0. The topological polar surface area (TPSA) is 40.5 Å². The molecule has 0 spiro atoms. The van der Waals surface area contributed by atoms with Crippen LogP contribution in [0.15, 0.2) is 23.8 Å². The molecule has 4 aliphatic rings. The molecule has 30 heavy (non-hydrogen) atoms. The Hall–Kier alpha value is -0.600. The highest BCUT2D eigenvalue weighted by Gasteiger charge is 2.58. The van der Waals surface area contributed by atoms with Gasteiger partial charge in [0, 0.05) is 5.92 Å². The van der Waals surface area contributed by atoms with E-state index in [0.29, 0.717) is 16.7 Å². The van der Waals surface area contributed by atoms with Crippen LogP contribution >= 0.6 is 0 Å². The molecule has 0 amide bonds. The van der Waals surface area contributed by atoms with Crippen molar-refractivity contribution in [1.29, 1.82) is 0 Å². The van der Waals surface area contributed by atoms with Gasteiger partial charge >= 0.3 is 0 Å². The Balaban J connectivity index is 1.52. The van der Waals surface area contributed by atoms with Gasteiger partial charge in [0.05, 0.1) is 11.7 Å². The Morgan fingerprint density at radius 1 is 1.03 bits per heavy atom. The van der Waals surface area contributed by atoms with Gasteiger partial charge in [-0.25, -0.2) is 0 Å². The zero-order valence-electron chi connectivity index (χ0n) is 20.3. The van der Waals surface area contributed by atoms with E-state index in [9.17, 15) is 10.2 Å². The Morgan fingerprint density at radius 3 is 2.47 bits per heavy atom. The molecule has 4 rings (SSSR count). The van der Waals surface area contributed by atoms with Gasteiger partial charge in [-0.1, -0.05) is 51.5 Å². The standard InChI is InChI=1S/C28H46O2/c1-18(7-8-19(2)26(3,4)30)23-11-12-24-22-10-9-20-17-21(29)13-15-27(20,5)25(22)14-16-28(23,24)6/h7-9,18-19,21-25,29-30H,10-17H2,1-6H3/b8-7+/t18-,19+,21+,22+,23-,24+,25+,27+,28-/m1/s1. The molecule has 0 heterocycles. The van der Waals surface area contributed by atoms with Crippen molar-refractivity contribution in [2.45, 2.75) is 105 Å². The summed E-state index contributed by atoms with van der Waals surface area (Å²) in [4.78, 5) is 0. The maximum Gasteiger partial charge on any atom is 0.0651 e.